The Bertz CT molecular complexity index is 906. The van der Waals surface area contributed by atoms with E-state index in [2.05, 4.69) is 5.09 Å². The quantitative estimate of drug-likeness (QED) is 0.591. The second kappa shape index (κ2) is 9.92. The van der Waals surface area contributed by atoms with Crippen LogP contribution in [0.25, 0.3) is 0 Å². The maximum Gasteiger partial charge on any atom is 0.326 e. The number of carboxylic acid groups (broad SMARTS) is 1. The van der Waals surface area contributed by atoms with Crippen LogP contribution in [0.15, 0.2) is 60.7 Å². The van der Waals surface area contributed by atoms with Crippen molar-refractivity contribution in [1.82, 2.24) is 9.99 Å². The predicted octanol–water partition coefficient (Wildman–Crippen LogP) is 3.55. The lowest BCUT2D eigenvalue weighted by Gasteiger charge is -2.28. The van der Waals surface area contributed by atoms with E-state index in [0.717, 1.165) is 5.56 Å². The average molecular weight is 430 g/mol. The van der Waals surface area contributed by atoms with E-state index < -0.39 is 25.6 Å². The van der Waals surface area contributed by atoms with Gasteiger partial charge in [0.15, 0.2) is 0 Å². The van der Waals surface area contributed by atoms with Gasteiger partial charge < -0.3 is 14.5 Å². The second-order valence-corrected chi connectivity index (χ2v) is 9.65. The Labute approximate surface area is 176 Å². The van der Waals surface area contributed by atoms with Crippen molar-refractivity contribution in [3.63, 3.8) is 0 Å². The fourth-order valence-corrected chi connectivity index (χ4v) is 5.58. The van der Waals surface area contributed by atoms with Gasteiger partial charge in [-0.25, -0.2) is 9.88 Å². The molecule has 2 aromatic rings. The number of nitrogens with one attached hydrogen (secondary N) is 1. The zero-order chi connectivity index (χ0) is 21.6. The third-order valence-electron chi connectivity index (χ3n) is 5.12. The third kappa shape index (κ3) is 5.71. The molecule has 1 aliphatic heterocycles. The molecule has 0 aromatic heterocycles. The zero-order valence-electron chi connectivity index (χ0n) is 16.9. The fraction of sp³-hybridized carbons (Fsp3) is 0.364. The first kappa shape index (κ1) is 22.1. The summed E-state index contributed by atoms with van der Waals surface area (Å²) in [6.07, 6.45) is 1.79. The molecule has 3 atom stereocenters. The molecule has 0 radical (unpaired) electrons. The average Bonchev–Trinajstić information content (AvgIpc) is 3.23. The highest BCUT2D eigenvalue weighted by atomic mass is 31.2. The highest BCUT2D eigenvalue weighted by Crippen LogP contribution is 2.44. The van der Waals surface area contributed by atoms with Gasteiger partial charge in [0.05, 0.1) is 12.2 Å². The van der Waals surface area contributed by atoms with Crippen LogP contribution in [0.5, 0.6) is 5.75 Å². The summed E-state index contributed by atoms with van der Waals surface area (Å²) < 4.78 is 19.5. The third-order valence-corrected chi connectivity index (χ3v) is 7.21. The fourth-order valence-electron chi connectivity index (χ4n) is 3.60. The van der Waals surface area contributed by atoms with E-state index in [1.54, 1.807) is 31.2 Å². The lowest BCUT2D eigenvalue weighted by atomic mass is 10.2. The van der Waals surface area contributed by atoms with Gasteiger partial charge >= 0.3 is 13.5 Å². The second-order valence-electron chi connectivity index (χ2n) is 7.42. The summed E-state index contributed by atoms with van der Waals surface area (Å²) in [5.41, 5.74) is 1.01. The van der Waals surface area contributed by atoms with Crippen molar-refractivity contribution in [2.75, 3.05) is 12.7 Å². The van der Waals surface area contributed by atoms with Crippen LogP contribution < -0.4 is 9.61 Å². The number of aliphatic carboxylic acids is 1. The maximum absolute atomic E-state index is 13.7. The SMILES string of the molecule is C[C@H](NP(=O)(CCc1ccccc1)Oc1ccccc1)C(=O)N1CCC[C@H]1C(=O)O. The summed E-state index contributed by atoms with van der Waals surface area (Å²) in [5, 5.41) is 12.3. The molecule has 0 bridgehead atoms. The van der Waals surface area contributed by atoms with Crippen LogP contribution in [0.3, 0.4) is 0 Å². The number of hydrogen-bond donors (Lipinski definition) is 2. The largest absolute Gasteiger partial charge is 0.480 e. The first-order valence-corrected chi connectivity index (χ1v) is 11.9. The Kier molecular flexibility index (Phi) is 7.29. The molecule has 1 saturated heterocycles. The molecule has 0 spiro atoms. The molecule has 1 aliphatic rings. The van der Waals surface area contributed by atoms with Crippen molar-refractivity contribution in [2.24, 2.45) is 0 Å². The first-order chi connectivity index (χ1) is 14.4. The smallest absolute Gasteiger partial charge is 0.326 e. The molecular formula is C22H27N2O5P. The summed E-state index contributed by atoms with van der Waals surface area (Å²) in [4.78, 5) is 25.7. The van der Waals surface area contributed by atoms with Gasteiger partial charge in [0, 0.05) is 6.54 Å². The first-order valence-electron chi connectivity index (χ1n) is 10.1. The lowest BCUT2D eigenvalue weighted by molar-refractivity contribution is -0.148. The Balaban J connectivity index is 1.74. The summed E-state index contributed by atoms with van der Waals surface area (Å²) in [7, 11) is -3.45. The van der Waals surface area contributed by atoms with Gasteiger partial charge in [0.25, 0.3) is 0 Å². The number of carbonyl (C=O) groups excluding carboxylic acids is 1. The van der Waals surface area contributed by atoms with Crippen LogP contribution in [-0.2, 0) is 20.6 Å². The van der Waals surface area contributed by atoms with Crippen molar-refractivity contribution in [3.8, 4) is 5.75 Å². The number of amides is 1. The minimum atomic E-state index is -3.45. The summed E-state index contributed by atoms with van der Waals surface area (Å²) >= 11 is 0. The highest BCUT2D eigenvalue weighted by molar-refractivity contribution is 7.57. The van der Waals surface area contributed by atoms with Gasteiger partial charge in [0.2, 0.25) is 5.91 Å². The highest BCUT2D eigenvalue weighted by Gasteiger charge is 2.38. The molecule has 1 amide bonds. The van der Waals surface area contributed by atoms with Crippen molar-refractivity contribution in [3.05, 3.63) is 66.2 Å². The normalized spacial score (nSPS) is 19.1. The standard InChI is InChI=1S/C22H27N2O5P/c1-17(21(25)24-15-8-13-20(24)22(26)27)23-30(28,29-19-11-6-3-7-12-19)16-14-18-9-4-2-5-10-18/h2-7,9-12,17,20H,8,13-16H2,1H3,(H,23,28)(H,26,27)/t17-,20-,30?/m0/s1. The van der Waals surface area contributed by atoms with E-state index in [4.69, 9.17) is 4.52 Å². The van der Waals surface area contributed by atoms with Crippen molar-refractivity contribution < 1.29 is 23.8 Å². The van der Waals surface area contributed by atoms with Crippen LogP contribution in [0.2, 0.25) is 0 Å². The molecule has 1 heterocycles. The molecule has 2 aromatic carbocycles. The van der Waals surface area contributed by atoms with E-state index >= 15 is 0 Å². The molecule has 160 valence electrons. The number of carboxylic acids is 1. The molecule has 0 saturated carbocycles. The summed E-state index contributed by atoms with van der Waals surface area (Å²) in [5.74, 6) is -0.942. The number of rotatable bonds is 9. The minimum Gasteiger partial charge on any atom is -0.480 e. The van der Waals surface area contributed by atoms with Gasteiger partial charge in [-0.1, -0.05) is 48.5 Å². The zero-order valence-corrected chi connectivity index (χ0v) is 17.8. The van der Waals surface area contributed by atoms with E-state index in [9.17, 15) is 19.3 Å². The molecule has 1 unspecified atom stereocenters. The summed E-state index contributed by atoms with van der Waals surface area (Å²) in [6.45, 7) is 1.98. The Morgan fingerprint density at radius 3 is 2.43 bits per heavy atom. The Morgan fingerprint density at radius 2 is 1.80 bits per heavy atom. The van der Waals surface area contributed by atoms with Crippen LogP contribution in [0, 0.1) is 0 Å². The van der Waals surface area contributed by atoms with E-state index in [1.807, 2.05) is 36.4 Å². The topological polar surface area (TPSA) is 95.9 Å². The number of para-hydroxylation sites is 1. The van der Waals surface area contributed by atoms with Crippen LogP contribution in [-0.4, -0.2) is 46.7 Å². The van der Waals surface area contributed by atoms with Crippen molar-refractivity contribution in [2.45, 2.75) is 38.3 Å². The molecule has 7 nitrogen and oxygen atoms in total. The van der Waals surface area contributed by atoms with Crippen LogP contribution in [0.1, 0.15) is 25.3 Å². The van der Waals surface area contributed by atoms with Crippen molar-refractivity contribution >= 4 is 19.4 Å². The summed E-state index contributed by atoms with van der Waals surface area (Å²) in [6, 6.07) is 16.8. The van der Waals surface area contributed by atoms with Gasteiger partial charge in [-0.3, -0.25) is 9.36 Å². The molecule has 2 N–H and O–H groups in total. The monoisotopic (exact) mass is 430 g/mol. The van der Waals surface area contributed by atoms with E-state index in [-0.39, 0.29) is 12.1 Å². The number of benzene rings is 2. The maximum atomic E-state index is 13.7. The molecule has 1 fully saturated rings. The Morgan fingerprint density at radius 1 is 1.17 bits per heavy atom. The van der Waals surface area contributed by atoms with E-state index in [1.165, 1.54) is 4.90 Å². The van der Waals surface area contributed by atoms with Crippen LogP contribution >= 0.6 is 7.52 Å². The van der Waals surface area contributed by atoms with Gasteiger partial charge in [-0.05, 0) is 43.9 Å². The lowest BCUT2D eigenvalue weighted by Crippen LogP contribution is -2.48. The molecule has 30 heavy (non-hydrogen) atoms. The Hall–Kier alpha value is -2.63. The van der Waals surface area contributed by atoms with Crippen LogP contribution in [0.4, 0.5) is 0 Å². The number of aryl methyl sites for hydroxylation is 1. The van der Waals surface area contributed by atoms with Gasteiger partial charge in [-0.2, -0.15) is 0 Å². The number of hydrogen-bond acceptors (Lipinski definition) is 4. The molecule has 8 heteroatoms. The minimum absolute atomic E-state index is 0.200. The number of carbonyl (C=O) groups is 2. The van der Waals surface area contributed by atoms with Gasteiger partial charge in [-0.15, -0.1) is 0 Å². The van der Waals surface area contributed by atoms with E-state index in [0.29, 0.717) is 31.6 Å². The number of likely N-dealkylation sites (tertiary alicyclic amines) is 1. The number of nitrogens with zero attached hydrogens (tertiary/aromatic N) is 1. The van der Waals surface area contributed by atoms with Crippen molar-refractivity contribution in [1.29, 1.82) is 0 Å². The van der Waals surface area contributed by atoms with Gasteiger partial charge in [0.1, 0.15) is 11.8 Å². The molecule has 0 aliphatic carbocycles. The molecule has 3 rings (SSSR count). The molecular weight excluding hydrogens is 403 g/mol. The predicted molar refractivity (Wildman–Crippen MR) is 115 cm³/mol.